The first-order chi connectivity index (χ1) is 13.1. The number of amides is 1. The summed E-state index contributed by atoms with van der Waals surface area (Å²) in [5.41, 5.74) is 1.61. The van der Waals surface area contributed by atoms with Crippen LogP contribution in [0.5, 0.6) is 11.5 Å². The Morgan fingerprint density at radius 3 is 2.11 bits per heavy atom. The molecule has 1 N–H and O–H groups in total. The molecule has 1 unspecified atom stereocenters. The molecule has 0 radical (unpaired) electrons. The molecule has 0 spiro atoms. The molecule has 1 amide bonds. The maximum atomic E-state index is 12.3. The lowest BCUT2D eigenvalue weighted by atomic mass is 10.0. The number of ketones is 1. The molecule has 0 aliphatic rings. The van der Waals surface area contributed by atoms with Crippen LogP contribution in [-0.2, 0) is 4.79 Å². The van der Waals surface area contributed by atoms with Gasteiger partial charge < -0.3 is 14.8 Å². The van der Waals surface area contributed by atoms with Gasteiger partial charge in [-0.15, -0.1) is 0 Å². The second-order valence-electron chi connectivity index (χ2n) is 6.18. The number of rotatable bonds is 10. The highest BCUT2D eigenvalue weighted by atomic mass is 16.5. The zero-order chi connectivity index (χ0) is 19.6. The van der Waals surface area contributed by atoms with E-state index < -0.39 is 0 Å². The van der Waals surface area contributed by atoms with Gasteiger partial charge >= 0.3 is 0 Å². The average molecular weight is 369 g/mol. The third-order valence-corrected chi connectivity index (χ3v) is 4.33. The summed E-state index contributed by atoms with van der Waals surface area (Å²) in [7, 11) is 1.62. The molecule has 144 valence electrons. The third-order valence-electron chi connectivity index (χ3n) is 4.33. The van der Waals surface area contributed by atoms with Crippen LogP contribution in [0.4, 0.5) is 0 Å². The second kappa shape index (κ2) is 10.4. The lowest BCUT2D eigenvalue weighted by molar-refractivity contribution is -0.121. The molecular formula is C22H27NO4. The Morgan fingerprint density at radius 1 is 0.926 bits per heavy atom. The van der Waals surface area contributed by atoms with E-state index >= 15 is 0 Å². The van der Waals surface area contributed by atoms with Crippen LogP contribution in [0.25, 0.3) is 0 Å². The summed E-state index contributed by atoms with van der Waals surface area (Å²) in [5, 5.41) is 3.00. The van der Waals surface area contributed by atoms with E-state index in [1.807, 2.05) is 38.1 Å². The second-order valence-corrected chi connectivity index (χ2v) is 6.18. The molecular weight excluding hydrogens is 342 g/mol. The normalized spacial score (nSPS) is 11.5. The number of ether oxygens (including phenoxy) is 2. The SMILES string of the molecule is CCOc1ccc(C(=O)CCC(=O)NC(CC)c2ccc(OC)cc2)cc1. The predicted octanol–water partition coefficient (Wildman–Crippen LogP) is 4.32. The van der Waals surface area contributed by atoms with Gasteiger partial charge in [0.05, 0.1) is 19.8 Å². The zero-order valence-electron chi connectivity index (χ0n) is 16.2. The van der Waals surface area contributed by atoms with Gasteiger partial charge in [0.25, 0.3) is 0 Å². The van der Waals surface area contributed by atoms with Crippen LogP contribution in [-0.4, -0.2) is 25.4 Å². The number of carbonyl (C=O) groups excluding carboxylic acids is 2. The van der Waals surface area contributed by atoms with E-state index in [0.717, 1.165) is 23.5 Å². The number of methoxy groups -OCH3 is 1. The van der Waals surface area contributed by atoms with Crippen molar-refractivity contribution in [3.8, 4) is 11.5 Å². The molecule has 2 aromatic rings. The van der Waals surface area contributed by atoms with Gasteiger partial charge in [0, 0.05) is 18.4 Å². The lowest BCUT2D eigenvalue weighted by Gasteiger charge is -2.17. The molecule has 0 heterocycles. The van der Waals surface area contributed by atoms with Gasteiger partial charge in [0.1, 0.15) is 11.5 Å². The predicted molar refractivity (Wildman–Crippen MR) is 105 cm³/mol. The molecule has 2 aromatic carbocycles. The Balaban J connectivity index is 1.87. The van der Waals surface area contributed by atoms with Crippen LogP contribution in [0.1, 0.15) is 55.1 Å². The number of hydrogen-bond donors (Lipinski definition) is 1. The van der Waals surface area contributed by atoms with E-state index in [4.69, 9.17) is 9.47 Å². The molecule has 2 rings (SSSR count). The fraction of sp³-hybridized carbons (Fsp3) is 0.364. The molecule has 5 nitrogen and oxygen atoms in total. The van der Waals surface area contributed by atoms with Crippen molar-refractivity contribution in [2.75, 3.05) is 13.7 Å². The molecule has 0 saturated heterocycles. The molecule has 27 heavy (non-hydrogen) atoms. The van der Waals surface area contributed by atoms with Gasteiger partial charge in [-0.2, -0.15) is 0 Å². The maximum Gasteiger partial charge on any atom is 0.220 e. The summed E-state index contributed by atoms with van der Waals surface area (Å²) in [5.74, 6) is 1.33. The molecule has 0 fully saturated rings. The monoisotopic (exact) mass is 369 g/mol. The Hall–Kier alpha value is -2.82. The van der Waals surface area contributed by atoms with Gasteiger partial charge in [-0.25, -0.2) is 0 Å². The smallest absolute Gasteiger partial charge is 0.220 e. The van der Waals surface area contributed by atoms with Crippen molar-refractivity contribution in [2.24, 2.45) is 0 Å². The van der Waals surface area contributed by atoms with Crippen LogP contribution >= 0.6 is 0 Å². The first-order valence-electron chi connectivity index (χ1n) is 9.26. The molecule has 0 aliphatic carbocycles. The summed E-state index contributed by atoms with van der Waals surface area (Å²) in [6.07, 6.45) is 1.11. The molecule has 5 heteroatoms. The summed E-state index contributed by atoms with van der Waals surface area (Å²) < 4.78 is 10.5. The molecule has 0 aliphatic heterocycles. The number of nitrogens with one attached hydrogen (secondary N) is 1. The molecule has 1 atom stereocenters. The van der Waals surface area contributed by atoms with E-state index in [9.17, 15) is 9.59 Å². The Kier molecular flexibility index (Phi) is 7.86. The first kappa shape index (κ1) is 20.5. The van der Waals surface area contributed by atoms with Crippen LogP contribution in [0.15, 0.2) is 48.5 Å². The summed E-state index contributed by atoms with van der Waals surface area (Å²) in [6, 6.07) is 14.6. The summed E-state index contributed by atoms with van der Waals surface area (Å²) >= 11 is 0. The topological polar surface area (TPSA) is 64.6 Å². The van der Waals surface area contributed by atoms with Crippen molar-refractivity contribution >= 4 is 11.7 Å². The lowest BCUT2D eigenvalue weighted by Crippen LogP contribution is -2.28. The number of Topliss-reactive ketones (excluding diaryl/α,β-unsaturated/α-hetero) is 1. The first-order valence-corrected chi connectivity index (χ1v) is 9.26. The fourth-order valence-corrected chi connectivity index (χ4v) is 2.80. The van der Waals surface area contributed by atoms with Crippen molar-refractivity contribution in [2.45, 2.75) is 39.2 Å². The molecule has 0 bridgehead atoms. The quantitative estimate of drug-likeness (QED) is 0.633. The number of carbonyl (C=O) groups is 2. The Labute approximate surface area is 160 Å². The van der Waals surface area contributed by atoms with E-state index in [0.29, 0.717) is 12.2 Å². The zero-order valence-corrected chi connectivity index (χ0v) is 16.2. The van der Waals surface area contributed by atoms with Crippen LogP contribution in [0.3, 0.4) is 0 Å². The van der Waals surface area contributed by atoms with Gasteiger partial charge in [0.2, 0.25) is 5.91 Å². The Bertz CT molecular complexity index is 738. The molecule has 0 aromatic heterocycles. The minimum absolute atomic E-state index is 0.0503. The minimum atomic E-state index is -0.128. The summed E-state index contributed by atoms with van der Waals surface area (Å²) in [4.78, 5) is 24.6. The summed E-state index contributed by atoms with van der Waals surface area (Å²) in [6.45, 7) is 4.51. The van der Waals surface area contributed by atoms with Gasteiger partial charge in [-0.1, -0.05) is 19.1 Å². The minimum Gasteiger partial charge on any atom is -0.497 e. The van der Waals surface area contributed by atoms with Crippen molar-refractivity contribution in [3.05, 3.63) is 59.7 Å². The maximum absolute atomic E-state index is 12.3. The average Bonchev–Trinajstić information content (AvgIpc) is 2.71. The van der Waals surface area contributed by atoms with E-state index in [1.54, 1.807) is 31.4 Å². The van der Waals surface area contributed by atoms with Crippen molar-refractivity contribution < 1.29 is 19.1 Å². The number of hydrogen-bond acceptors (Lipinski definition) is 4. The largest absolute Gasteiger partial charge is 0.497 e. The highest BCUT2D eigenvalue weighted by Crippen LogP contribution is 2.20. The molecule has 0 saturated carbocycles. The van der Waals surface area contributed by atoms with Crippen LogP contribution < -0.4 is 14.8 Å². The van der Waals surface area contributed by atoms with Crippen LogP contribution in [0.2, 0.25) is 0 Å². The van der Waals surface area contributed by atoms with Gasteiger partial charge in [-0.3, -0.25) is 9.59 Å². The van der Waals surface area contributed by atoms with Crippen LogP contribution in [0, 0.1) is 0 Å². The van der Waals surface area contributed by atoms with E-state index in [2.05, 4.69) is 5.32 Å². The van der Waals surface area contributed by atoms with E-state index in [1.165, 1.54) is 0 Å². The standard InChI is InChI=1S/C22H27NO4/c1-4-20(16-6-10-18(26-3)11-7-16)23-22(25)15-14-21(24)17-8-12-19(13-9-17)27-5-2/h6-13,20H,4-5,14-15H2,1-3H3,(H,23,25). The van der Waals surface area contributed by atoms with Crippen molar-refractivity contribution in [3.63, 3.8) is 0 Å². The number of benzene rings is 2. The third kappa shape index (κ3) is 6.13. The highest BCUT2D eigenvalue weighted by molar-refractivity contribution is 5.98. The van der Waals surface area contributed by atoms with E-state index in [-0.39, 0.29) is 30.6 Å². The van der Waals surface area contributed by atoms with Crippen molar-refractivity contribution in [1.82, 2.24) is 5.32 Å². The van der Waals surface area contributed by atoms with Gasteiger partial charge in [0.15, 0.2) is 5.78 Å². The highest BCUT2D eigenvalue weighted by Gasteiger charge is 2.15. The van der Waals surface area contributed by atoms with Crippen molar-refractivity contribution in [1.29, 1.82) is 0 Å². The van der Waals surface area contributed by atoms with Gasteiger partial charge in [-0.05, 0) is 55.3 Å². The Morgan fingerprint density at radius 2 is 1.56 bits per heavy atom. The fourth-order valence-electron chi connectivity index (χ4n) is 2.80.